The van der Waals surface area contributed by atoms with Crippen LogP contribution in [0.2, 0.25) is 0 Å². The Bertz CT molecular complexity index is 862. The van der Waals surface area contributed by atoms with E-state index in [-0.39, 0.29) is 11.5 Å². The van der Waals surface area contributed by atoms with Crippen molar-refractivity contribution in [1.82, 2.24) is 0 Å². The number of Topliss-reactive ketones (excluding diaryl/α,β-unsaturated/α-hetero) is 1. The summed E-state index contributed by atoms with van der Waals surface area (Å²) in [5.74, 6) is 0.825. The van der Waals surface area contributed by atoms with Crippen molar-refractivity contribution >= 4 is 17.1 Å². The molecule has 3 heteroatoms. The normalized spacial score (nSPS) is 11.0. The Morgan fingerprint density at radius 2 is 1.83 bits per heavy atom. The molecule has 24 heavy (non-hydrogen) atoms. The monoisotopic (exact) mass is 336 g/mol. The van der Waals surface area contributed by atoms with Gasteiger partial charge in [-0.15, -0.1) is 11.3 Å². The molecule has 0 fully saturated rings. The van der Waals surface area contributed by atoms with Gasteiger partial charge in [-0.3, -0.25) is 4.79 Å². The van der Waals surface area contributed by atoms with Crippen molar-refractivity contribution in [3.8, 4) is 16.2 Å². The number of carbonyl (C=O) groups is 1. The van der Waals surface area contributed by atoms with Crippen LogP contribution in [-0.4, -0.2) is 10.9 Å². The predicted molar refractivity (Wildman–Crippen MR) is 100.0 cm³/mol. The zero-order valence-electron chi connectivity index (χ0n) is 13.8. The lowest BCUT2D eigenvalue weighted by atomic mass is 9.98. The number of ketones is 1. The quantitative estimate of drug-likeness (QED) is 0.610. The first-order valence-electron chi connectivity index (χ1n) is 8.04. The predicted octanol–water partition coefficient (Wildman–Crippen LogP) is 5.67. The molecule has 0 atom stereocenters. The maximum atomic E-state index is 12.6. The Kier molecular flexibility index (Phi) is 4.81. The van der Waals surface area contributed by atoms with Gasteiger partial charge in [0.2, 0.25) is 0 Å². The molecule has 0 aliphatic heterocycles. The summed E-state index contributed by atoms with van der Waals surface area (Å²) >= 11 is 1.47. The van der Waals surface area contributed by atoms with Crippen LogP contribution >= 0.6 is 11.3 Å². The number of thiophene rings is 1. The molecule has 3 aromatic rings. The highest BCUT2D eigenvalue weighted by atomic mass is 32.1. The number of aromatic hydroxyl groups is 1. The zero-order chi connectivity index (χ0) is 17.1. The lowest BCUT2D eigenvalue weighted by molar-refractivity contribution is 0.0997. The molecule has 3 rings (SSSR count). The average Bonchev–Trinajstić information content (AvgIpc) is 3.05. The highest BCUT2D eigenvalue weighted by Crippen LogP contribution is 2.30. The van der Waals surface area contributed by atoms with Crippen molar-refractivity contribution in [1.29, 1.82) is 0 Å². The van der Waals surface area contributed by atoms with Gasteiger partial charge in [0.1, 0.15) is 5.75 Å². The third-order valence-electron chi connectivity index (χ3n) is 3.99. The van der Waals surface area contributed by atoms with Crippen molar-refractivity contribution in [2.45, 2.75) is 26.2 Å². The van der Waals surface area contributed by atoms with Crippen LogP contribution in [0, 0.1) is 0 Å². The first kappa shape index (κ1) is 16.5. The van der Waals surface area contributed by atoms with E-state index >= 15 is 0 Å². The first-order valence-corrected chi connectivity index (χ1v) is 8.86. The fourth-order valence-electron chi connectivity index (χ4n) is 2.64. The van der Waals surface area contributed by atoms with Gasteiger partial charge in [-0.2, -0.15) is 0 Å². The van der Waals surface area contributed by atoms with Crippen molar-refractivity contribution in [2.75, 3.05) is 0 Å². The molecule has 1 heterocycles. The summed E-state index contributed by atoms with van der Waals surface area (Å²) in [4.78, 5) is 14.3. The molecule has 0 unspecified atom stereocenters. The lowest BCUT2D eigenvalue weighted by Gasteiger charge is -2.07. The summed E-state index contributed by atoms with van der Waals surface area (Å²) < 4.78 is 0. The Balaban J connectivity index is 1.78. The van der Waals surface area contributed by atoms with Gasteiger partial charge >= 0.3 is 0 Å². The molecule has 2 nitrogen and oxygen atoms in total. The molecule has 2 aromatic carbocycles. The van der Waals surface area contributed by atoms with Crippen molar-refractivity contribution < 1.29 is 9.90 Å². The molecule has 0 radical (unpaired) electrons. The molecule has 122 valence electrons. The second-order valence-electron chi connectivity index (χ2n) is 6.21. The van der Waals surface area contributed by atoms with E-state index < -0.39 is 0 Å². The van der Waals surface area contributed by atoms with Crippen molar-refractivity contribution in [3.63, 3.8) is 0 Å². The van der Waals surface area contributed by atoms with E-state index in [4.69, 9.17) is 0 Å². The number of rotatable bonds is 5. The lowest BCUT2D eigenvalue weighted by Crippen LogP contribution is -2.01. The highest BCUT2D eigenvalue weighted by molar-refractivity contribution is 7.17. The van der Waals surface area contributed by atoms with Crippen LogP contribution in [0.25, 0.3) is 10.4 Å². The first-order chi connectivity index (χ1) is 11.5. The number of hydrogen-bond donors (Lipinski definition) is 1. The Hall–Kier alpha value is -2.39. The Morgan fingerprint density at radius 3 is 2.58 bits per heavy atom. The van der Waals surface area contributed by atoms with Gasteiger partial charge in [0.05, 0.1) is 4.88 Å². The Labute approximate surface area is 146 Å². The number of hydrogen-bond acceptors (Lipinski definition) is 3. The standard InChI is InChI=1S/C21H20O2S/c1-14(2)16-6-3-5-15(11-16)12-19(23)21-10-9-20(24-21)17-7-4-8-18(22)13-17/h3-11,13-14,22H,12H2,1-2H3. The van der Waals surface area contributed by atoms with Gasteiger partial charge in [-0.25, -0.2) is 0 Å². The van der Waals surface area contributed by atoms with Gasteiger partial charge in [0, 0.05) is 11.3 Å². The van der Waals surface area contributed by atoms with Crippen LogP contribution in [0.1, 0.15) is 40.6 Å². The Morgan fingerprint density at radius 1 is 1.04 bits per heavy atom. The van der Waals surface area contributed by atoms with Gasteiger partial charge < -0.3 is 5.11 Å². The van der Waals surface area contributed by atoms with Crippen LogP contribution in [0.5, 0.6) is 5.75 Å². The minimum atomic E-state index is 0.132. The topological polar surface area (TPSA) is 37.3 Å². The van der Waals surface area contributed by atoms with Gasteiger partial charge in [0.15, 0.2) is 5.78 Å². The second-order valence-corrected chi connectivity index (χ2v) is 7.30. The molecular formula is C21H20O2S. The summed E-state index contributed by atoms with van der Waals surface area (Å²) in [6.45, 7) is 4.31. The molecule has 0 bridgehead atoms. The van der Waals surface area contributed by atoms with Gasteiger partial charge in [-0.1, -0.05) is 50.2 Å². The minimum Gasteiger partial charge on any atom is -0.508 e. The zero-order valence-corrected chi connectivity index (χ0v) is 14.6. The number of carbonyl (C=O) groups excluding carboxylic acids is 1. The van der Waals surface area contributed by atoms with Gasteiger partial charge in [-0.05, 0) is 46.9 Å². The number of phenols is 1. The summed E-state index contributed by atoms with van der Waals surface area (Å²) in [7, 11) is 0. The largest absolute Gasteiger partial charge is 0.508 e. The highest BCUT2D eigenvalue weighted by Gasteiger charge is 2.12. The van der Waals surface area contributed by atoms with Crippen LogP contribution in [0.3, 0.4) is 0 Å². The smallest absolute Gasteiger partial charge is 0.177 e. The van der Waals surface area contributed by atoms with E-state index in [1.807, 2.05) is 36.4 Å². The molecular weight excluding hydrogens is 316 g/mol. The van der Waals surface area contributed by atoms with E-state index in [1.165, 1.54) is 16.9 Å². The molecule has 0 spiro atoms. The SMILES string of the molecule is CC(C)c1cccc(CC(=O)c2ccc(-c3cccc(O)c3)s2)c1. The molecule has 0 saturated heterocycles. The molecule has 0 saturated carbocycles. The molecule has 0 amide bonds. The third kappa shape index (κ3) is 3.74. The van der Waals surface area contributed by atoms with E-state index in [2.05, 4.69) is 26.0 Å². The third-order valence-corrected chi connectivity index (χ3v) is 5.17. The minimum absolute atomic E-state index is 0.132. The molecule has 0 aliphatic rings. The van der Waals surface area contributed by atoms with Gasteiger partial charge in [0.25, 0.3) is 0 Å². The maximum Gasteiger partial charge on any atom is 0.177 e. The van der Waals surface area contributed by atoms with E-state index in [0.717, 1.165) is 20.9 Å². The van der Waals surface area contributed by atoms with Crippen LogP contribution in [-0.2, 0) is 6.42 Å². The van der Waals surface area contributed by atoms with Crippen molar-refractivity contribution in [2.24, 2.45) is 0 Å². The fraction of sp³-hybridized carbons (Fsp3) is 0.190. The molecule has 1 aromatic heterocycles. The summed E-state index contributed by atoms with van der Waals surface area (Å²) in [6.07, 6.45) is 0.417. The summed E-state index contributed by atoms with van der Waals surface area (Å²) in [6, 6.07) is 19.2. The van der Waals surface area contributed by atoms with E-state index in [0.29, 0.717) is 12.3 Å². The van der Waals surface area contributed by atoms with E-state index in [1.54, 1.807) is 12.1 Å². The average molecular weight is 336 g/mol. The van der Waals surface area contributed by atoms with Crippen molar-refractivity contribution in [3.05, 3.63) is 76.7 Å². The van der Waals surface area contributed by atoms with Crippen LogP contribution in [0.4, 0.5) is 0 Å². The van der Waals surface area contributed by atoms with E-state index in [9.17, 15) is 9.90 Å². The molecule has 1 N–H and O–H groups in total. The number of benzene rings is 2. The number of phenolic OH excluding ortho intramolecular Hbond substituents is 1. The fourth-order valence-corrected chi connectivity index (χ4v) is 3.58. The van der Waals surface area contributed by atoms with Crippen LogP contribution < -0.4 is 0 Å². The second kappa shape index (κ2) is 7.02. The summed E-state index contributed by atoms with van der Waals surface area (Å²) in [5.41, 5.74) is 3.24. The maximum absolute atomic E-state index is 12.6. The van der Waals surface area contributed by atoms with Crippen LogP contribution in [0.15, 0.2) is 60.7 Å². The molecule has 0 aliphatic carbocycles. The summed E-state index contributed by atoms with van der Waals surface area (Å²) in [5, 5.41) is 9.59.